The summed E-state index contributed by atoms with van der Waals surface area (Å²) >= 11 is 0. The fraction of sp³-hybridized carbons (Fsp3) is 0.714. The third-order valence-corrected chi connectivity index (χ3v) is 2.67. The Morgan fingerprint density at radius 3 is 2.27 bits per heavy atom. The van der Waals surface area contributed by atoms with Crippen LogP contribution in [0.25, 0.3) is 0 Å². The van der Waals surface area contributed by atoms with Gasteiger partial charge in [-0.1, -0.05) is 0 Å². The molecule has 0 aliphatic heterocycles. The van der Waals surface area contributed by atoms with E-state index in [1.165, 1.54) is 0 Å². The first-order valence-corrected chi connectivity index (χ1v) is 5.44. The smallest absolute Gasteiger partial charge is 0.327 e. The van der Waals surface area contributed by atoms with Crippen LogP contribution in [0.4, 0.5) is 8.78 Å². The number of alkyl halides is 2. The quantitative estimate of drug-likeness (QED) is 0.664. The third kappa shape index (κ3) is 6.95. The molecule has 0 aromatic carbocycles. The molecule has 0 rings (SSSR count). The van der Waals surface area contributed by atoms with Gasteiger partial charge in [0.25, 0.3) is 0 Å². The topological polar surface area (TPSA) is 83.5 Å². The van der Waals surface area contributed by atoms with Crippen LogP contribution in [0, 0.1) is 0 Å². The van der Waals surface area contributed by atoms with Gasteiger partial charge >= 0.3 is 5.97 Å². The standard InChI is InChI=1S/C7H11F2NO4S/c1-4(11)10-5(7(12)13)2-15(14)3-6(8)9/h5-6H,2-3H2,1H3,(H,10,11)(H,12,13)/t5-,15?/m0/s1. The average Bonchev–Trinajstić information content (AvgIpc) is 1.99. The third-order valence-electron chi connectivity index (χ3n) is 1.34. The Morgan fingerprint density at radius 2 is 1.93 bits per heavy atom. The minimum atomic E-state index is -2.75. The first-order valence-electron chi connectivity index (χ1n) is 3.96. The molecule has 0 saturated heterocycles. The lowest BCUT2D eigenvalue weighted by molar-refractivity contribution is -0.140. The predicted octanol–water partition coefficient (Wildman–Crippen LogP) is -0.411. The van der Waals surface area contributed by atoms with E-state index in [-0.39, 0.29) is 0 Å². The Hall–Kier alpha value is -1.05. The first-order chi connectivity index (χ1) is 6.82. The number of halogens is 2. The maximum Gasteiger partial charge on any atom is 0.327 e. The van der Waals surface area contributed by atoms with Crippen LogP contribution in [0.1, 0.15) is 6.92 Å². The second kappa shape index (κ2) is 6.44. The van der Waals surface area contributed by atoms with Gasteiger partial charge in [-0.15, -0.1) is 0 Å². The second-order valence-corrected chi connectivity index (χ2v) is 4.30. The molecule has 0 spiro atoms. The number of nitrogens with one attached hydrogen (secondary N) is 1. The van der Waals surface area contributed by atoms with Crippen LogP contribution in [-0.2, 0) is 20.4 Å². The lowest BCUT2D eigenvalue weighted by Gasteiger charge is -2.12. The molecule has 88 valence electrons. The van der Waals surface area contributed by atoms with E-state index in [0.29, 0.717) is 0 Å². The zero-order chi connectivity index (χ0) is 12.0. The number of carboxylic acids is 1. The molecule has 8 heteroatoms. The van der Waals surface area contributed by atoms with Crippen LogP contribution in [0.3, 0.4) is 0 Å². The highest BCUT2D eigenvalue weighted by molar-refractivity contribution is 7.85. The Bertz CT molecular complexity index is 272. The van der Waals surface area contributed by atoms with Crippen molar-refractivity contribution in [2.75, 3.05) is 11.5 Å². The maximum atomic E-state index is 11.8. The molecular formula is C7H11F2NO4S. The van der Waals surface area contributed by atoms with Gasteiger partial charge in [0.05, 0.1) is 11.5 Å². The van der Waals surface area contributed by atoms with Crippen LogP contribution >= 0.6 is 0 Å². The largest absolute Gasteiger partial charge is 0.480 e. The van der Waals surface area contributed by atoms with E-state index in [4.69, 9.17) is 5.11 Å². The molecule has 2 N–H and O–H groups in total. The normalized spacial score (nSPS) is 14.7. The van der Waals surface area contributed by atoms with Crippen molar-refractivity contribution in [1.29, 1.82) is 0 Å². The summed E-state index contributed by atoms with van der Waals surface area (Å²) in [5.41, 5.74) is 0. The van der Waals surface area contributed by atoms with Crippen molar-refractivity contribution < 1.29 is 27.7 Å². The highest BCUT2D eigenvalue weighted by atomic mass is 32.2. The summed E-state index contributed by atoms with van der Waals surface area (Å²) in [4.78, 5) is 21.1. The number of rotatable bonds is 6. The van der Waals surface area contributed by atoms with Gasteiger partial charge in [-0.2, -0.15) is 0 Å². The fourth-order valence-electron chi connectivity index (χ4n) is 0.815. The molecule has 0 aromatic heterocycles. The Morgan fingerprint density at radius 1 is 1.40 bits per heavy atom. The molecule has 0 radical (unpaired) electrons. The van der Waals surface area contributed by atoms with E-state index < -0.39 is 46.6 Å². The number of hydrogen-bond acceptors (Lipinski definition) is 3. The first kappa shape index (κ1) is 13.9. The van der Waals surface area contributed by atoms with Gasteiger partial charge in [0, 0.05) is 17.7 Å². The zero-order valence-corrected chi connectivity index (χ0v) is 8.72. The molecule has 1 unspecified atom stereocenters. The maximum absolute atomic E-state index is 11.8. The number of carbonyl (C=O) groups excluding carboxylic acids is 1. The van der Waals surface area contributed by atoms with Crippen molar-refractivity contribution in [3.05, 3.63) is 0 Å². The van der Waals surface area contributed by atoms with E-state index in [1.54, 1.807) is 0 Å². The number of carbonyl (C=O) groups is 2. The Balaban J connectivity index is 4.22. The van der Waals surface area contributed by atoms with Crippen molar-refractivity contribution in [3.8, 4) is 0 Å². The summed E-state index contributed by atoms with van der Waals surface area (Å²) < 4.78 is 34.5. The van der Waals surface area contributed by atoms with Crippen LogP contribution in [-0.4, -0.2) is 45.2 Å². The summed E-state index contributed by atoms with van der Waals surface area (Å²) in [6, 6.07) is -1.39. The minimum absolute atomic E-state index is 0.515. The average molecular weight is 243 g/mol. The van der Waals surface area contributed by atoms with E-state index in [1.807, 2.05) is 5.32 Å². The van der Waals surface area contributed by atoms with Crippen molar-refractivity contribution in [3.63, 3.8) is 0 Å². The van der Waals surface area contributed by atoms with Gasteiger partial charge in [-0.3, -0.25) is 9.00 Å². The molecule has 2 atom stereocenters. The molecule has 0 saturated carbocycles. The lowest BCUT2D eigenvalue weighted by Crippen LogP contribution is -2.43. The molecule has 0 aliphatic rings. The van der Waals surface area contributed by atoms with E-state index >= 15 is 0 Å². The summed E-state index contributed by atoms with van der Waals surface area (Å²) in [5.74, 6) is -3.41. The van der Waals surface area contributed by atoms with Gasteiger partial charge in [0.2, 0.25) is 12.3 Å². The Kier molecular flexibility index (Phi) is 5.99. The molecule has 1 amide bonds. The summed E-state index contributed by atoms with van der Waals surface area (Å²) in [7, 11) is -1.96. The van der Waals surface area contributed by atoms with Gasteiger partial charge in [-0.05, 0) is 0 Å². The molecule has 0 fully saturated rings. The van der Waals surface area contributed by atoms with Crippen LogP contribution in [0.2, 0.25) is 0 Å². The summed E-state index contributed by atoms with van der Waals surface area (Å²) in [6.07, 6.45) is -2.75. The van der Waals surface area contributed by atoms with E-state index in [2.05, 4.69) is 0 Å². The van der Waals surface area contributed by atoms with Crippen LogP contribution in [0.5, 0.6) is 0 Å². The second-order valence-electron chi connectivity index (χ2n) is 2.76. The number of aliphatic carboxylic acids is 1. The van der Waals surface area contributed by atoms with Crippen LogP contribution in [0.15, 0.2) is 0 Å². The molecule has 0 aromatic rings. The summed E-state index contributed by atoms with van der Waals surface area (Å²) in [5, 5.41) is 10.6. The molecule has 0 aliphatic carbocycles. The van der Waals surface area contributed by atoms with Crippen molar-refractivity contribution >= 4 is 22.7 Å². The number of hydrogen-bond donors (Lipinski definition) is 2. The van der Waals surface area contributed by atoms with Crippen molar-refractivity contribution in [2.45, 2.75) is 19.4 Å². The molecule has 0 heterocycles. The van der Waals surface area contributed by atoms with E-state index in [0.717, 1.165) is 6.92 Å². The summed E-state index contributed by atoms with van der Waals surface area (Å²) in [6.45, 7) is 1.09. The van der Waals surface area contributed by atoms with Crippen LogP contribution < -0.4 is 5.32 Å². The SMILES string of the molecule is CC(=O)N[C@@H](CS(=O)CC(F)F)C(=O)O. The minimum Gasteiger partial charge on any atom is -0.480 e. The highest BCUT2D eigenvalue weighted by Crippen LogP contribution is 1.98. The van der Waals surface area contributed by atoms with Gasteiger partial charge in [0.15, 0.2) is 0 Å². The lowest BCUT2D eigenvalue weighted by atomic mass is 10.3. The van der Waals surface area contributed by atoms with Gasteiger partial charge < -0.3 is 10.4 Å². The molecule has 15 heavy (non-hydrogen) atoms. The number of amides is 1. The molecule has 5 nitrogen and oxygen atoms in total. The Labute approximate surface area is 87.3 Å². The number of carboxylic acid groups (broad SMARTS) is 1. The zero-order valence-electron chi connectivity index (χ0n) is 7.91. The molecular weight excluding hydrogens is 232 g/mol. The highest BCUT2D eigenvalue weighted by Gasteiger charge is 2.22. The van der Waals surface area contributed by atoms with Gasteiger partial charge in [0.1, 0.15) is 6.04 Å². The molecule has 0 bridgehead atoms. The predicted molar refractivity (Wildman–Crippen MR) is 49.1 cm³/mol. The monoisotopic (exact) mass is 243 g/mol. The van der Waals surface area contributed by atoms with E-state index in [9.17, 15) is 22.6 Å². The van der Waals surface area contributed by atoms with Gasteiger partial charge in [-0.25, -0.2) is 13.6 Å². The fourth-order valence-corrected chi connectivity index (χ4v) is 1.83. The van der Waals surface area contributed by atoms with Crippen molar-refractivity contribution in [1.82, 2.24) is 5.32 Å². The van der Waals surface area contributed by atoms with Crippen molar-refractivity contribution in [2.24, 2.45) is 0 Å².